The molecule has 3 nitrogen and oxygen atoms in total. The molecule has 1 N–H and O–H groups in total. The van der Waals surface area contributed by atoms with E-state index >= 15 is 0 Å². The number of hydrogen-bond donors (Lipinski definition) is 1. The van der Waals surface area contributed by atoms with Crippen LogP contribution in [0.5, 0.6) is 0 Å². The van der Waals surface area contributed by atoms with Gasteiger partial charge in [0.25, 0.3) is 0 Å². The molecule has 0 aromatic rings. The Morgan fingerprint density at radius 2 is 1.75 bits per heavy atom. The molecule has 0 saturated heterocycles. The maximum Gasteiger partial charge on any atom is 0.158 e. The summed E-state index contributed by atoms with van der Waals surface area (Å²) in [7, 11) is 0. The van der Waals surface area contributed by atoms with Crippen LogP contribution in [0.2, 0.25) is 0 Å². The summed E-state index contributed by atoms with van der Waals surface area (Å²) in [4.78, 5) is 11.3. The predicted molar refractivity (Wildman–Crippen MR) is 97.2 cm³/mol. The van der Waals surface area contributed by atoms with Crippen LogP contribution in [0.15, 0.2) is 0 Å². The molecular weight excluding hydrogens is 300 g/mol. The van der Waals surface area contributed by atoms with Crippen LogP contribution < -0.4 is 0 Å². The summed E-state index contributed by atoms with van der Waals surface area (Å²) in [5, 5.41) is 11.3. The highest BCUT2D eigenvalue weighted by Crippen LogP contribution is 2.69. The van der Waals surface area contributed by atoms with Crippen molar-refractivity contribution in [1.82, 2.24) is 0 Å². The average Bonchev–Trinajstić information content (AvgIpc) is 2.76. The fourth-order valence-corrected chi connectivity index (χ4v) is 4.60. The highest BCUT2D eigenvalue weighted by Gasteiger charge is 2.68. The van der Waals surface area contributed by atoms with Gasteiger partial charge in [-0.3, -0.25) is 0 Å². The van der Waals surface area contributed by atoms with E-state index in [2.05, 4.69) is 39.5 Å². The SMILES string of the molecule is CCCC(C)(C)OOC(C)(C)C#C[C@@]1(O)C[C@H]2CC[C@@]1(C)C2(C)C. The van der Waals surface area contributed by atoms with E-state index in [0.29, 0.717) is 5.92 Å². The lowest BCUT2D eigenvalue weighted by Crippen LogP contribution is -2.46. The van der Waals surface area contributed by atoms with Gasteiger partial charge in [-0.25, -0.2) is 9.78 Å². The largest absolute Gasteiger partial charge is 0.377 e. The fourth-order valence-electron chi connectivity index (χ4n) is 4.60. The van der Waals surface area contributed by atoms with Gasteiger partial charge in [-0.1, -0.05) is 46.0 Å². The zero-order valence-electron chi connectivity index (χ0n) is 16.9. The third kappa shape index (κ3) is 3.26. The minimum atomic E-state index is -0.932. The molecule has 2 aliphatic carbocycles. The van der Waals surface area contributed by atoms with Crippen LogP contribution in [0.1, 0.15) is 87.5 Å². The summed E-state index contributed by atoms with van der Waals surface area (Å²) in [5.41, 5.74) is -2.04. The predicted octanol–water partition coefficient (Wildman–Crippen LogP) is 4.87. The summed E-state index contributed by atoms with van der Waals surface area (Å²) >= 11 is 0. The molecule has 138 valence electrons. The van der Waals surface area contributed by atoms with Crippen molar-refractivity contribution in [3.05, 3.63) is 0 Å². The highest BCUT2D eigenvalue weighted by molar-refractivity contribution is 5.31. The van der Waals surface area contributed by atoms with E-state index in [0.717, 1.165) is 25.7 Å². The molecule has 3 atom stereocenters. The standard InChI is InChI=1S/C21H36O3/c1-9-11-17(2,3)23-24-18(4,5)13-14-21(22)15-16-10-12-20(21,8)19(16,6)7/h16,22H,9-12,15H2,1-8H3/t16-,20+,21-/m1/s1. The van der Waals surface area contributed by atoms with E-state index in [9.17, 15) is 5.11 Å². The average molecular weight is 337 g/mol. The molecule has 2 saturated carbocycles. The van der Waals surface area contributed by atoms with E-state index in [4.69, 9.17) is 9.78 Å². The first-order valence-corrected chi connectivity index (χ1v) is 9.42. The van der Waals surface area contributed by atoms with Gasteiger partial charge in [-0.05, 0) is 64.7 Å². The third-order valence-electron chi connectivity index (χ3n) is 6.79. The molecule has 24 heavy (non-hydrogen) atoms. The van der Waals surface area contributed by atoms with Crippen molar-refractivity contribution in [1.29, 1.82) is 0 Å². The van der Waals surface area contributed by atoms with Crippen LogP contribution in [-0.4, -0.2) is 21.9 Å². The van der Waals surface area contributed by atoms with Crippen molar-refractivity contribution in [2.24, 2.45) is 16.7 Å². The van der Waals surface area contributed by atoms with Gasteiger partial charge in [0.2, 0.25) is 0 Å². The van der Waals surface area contributed by atoms with Gasteiger partial charge >= 0.3 is 0 Å². The molecule has 0 unspecified atom stereocenters. The van der Waals surface area contributed by atoms with Gasteiger partial charge in [0.05, 0.1) is 5.60 Å². The van der Waals surface area contributed by atoms with E-state index in [-0.39, 0.29) is 16.4 Å². The fraction of sp³-hybridized carbons (Fsp3) is 0.905. The van der Waals surface area contributed by atoms with E-state index in [1.54, 1.807) is 0 Å². The Hall–Kier alpha value is -0.560. The summed E-state index contributed by atoms with van der Waals surface area (Å²) < 4.78 is 0. The van der Waals surface area contributed by atoms with Gasteiger partial charge in [0.15, 0.2) is 5.60 Å². The second kappa shape index (κ2) is 6.01. The molecule has 2 rings (SSSR count). The van der Waals surface area contributed by atoms with Crippen LogP contribution in [0, 0.1) is 28.6 Å². The number of rotatable bonds is 5. The Morgan fingerprint density at radius 1 is 1.12 bits per heavy atom. The second-order valence-corrected chi connectivity index (χ2v) is 9.79. The monoisotopic (exact) mass is 336 g/mol. The second-order valence-electron chi connectivity index (χ2n) is 9.79. The maximum absolute atomic E-state index is 11.3. The zero-order valence-corrected chi connectivity index (χ0v) is 16.9. The first kappa shape index (κ1) is 19.8. The summed E-state index contributed by atoms with van der Waals surface area (Å²) in [6.07, 6.45) is 4.96. The molecule has 2 bridgehead atoms. The van der Waals surface area contributed by atoms with Gasteiger partial charge in [-0.15, -0.1) is 0 Å². The topological polar surface area (TPSA) is 38.7 Å². The van der Waals surface area contributed by atoms with Crippen LogP contribution in [0.3, 0.4) is 0 Å². The first-order chi connectivity index (χ1) is 10.8. The van der Waals surface area contributed by atoms with Crippen LogP contribution in [0.4, 0.5) is 0 Å². The number of aliphatic hydroxyl groups is 1. The third-order valence-corrected chi connectivity index (χ3v) is 6.79. The Bertz CT molecular complexity index is 537. The molecule has 0 heterocycles. The van der Waals surface area contributed by atoms with Crippen LogP contribution in [-0.2, 0) is 9.78 Å². The Balaban J connectivity index is 2.11. The molecule has 0 amide bonds. The van der Waals surface area contributed by atoms with Gasteiger partial charge in [0.1, 0.15) is 5.60 Å². The zero-order chi connectivity index (χ0) is 18.4. The van der Waals surface area contributed by atoms with Crippen LogP contribution >= 0.6 is 0 Å². The maximum atomic E-state index is 11.3. The molecule has 0 spiro atoms. The Labute approximate surface area is 148 Å². The molecule has 0 aliphatic heterocycles. The molecule has 3 heteroatoms. The lowest BCUT2D eigenvalue weighted by molar-refractivity contribution is -0.389. The normalized spacial score (nSPS) is 35.0. The first-order valence-electron chi connectivity index (χ1n) is 9.42. The molecule has 0 aromatic carbocycles. The molecule has 0 radical (unpaired) electrons. The highest BCUT2D eigenvalue weighted by atomic mass is 17.2. The van der Waals surface area contributed by atoms with Crippen molar-refractivity contribution < 1.29 is 14.9 Å². The molecule has 2 aliphatic rings. The summed E-state index contributed by atoms with van der Waals surface area (Å²) in [6.45, 7) is 16.7. The Morgan fingerprint density at radius 3 is 2.21 bits per heavy atom. The molecular formula is C21H36O3. The van der Waals surface area contributed by atoms with Gasteiger partial charge in [-0.2, -0.15) is 0 Å². The Kier molecular flexibility index (Phi) is 4.95. The van der Waals surface area contributed by atoms with E-state index in [1.807, 2.05) is 27.7 Å². The lowest BCUT2D eigenvalue weighted by Gasteiger charge is -2.42. The number of hydrogen-bond acceptors (Lipinski definition) is 3. The molecule has 2 fully saturated rings. The molecule has 0 aromatic heterocycles. The van der Waals surface area contributed by atoms with Crippen LogP contribution in [0.25, 0.3) is 0 Å². The summed E-state index contributed by atoms with van der Waals surface area (Å²) in [5.74, 6) is 6.90. The van der Waals surface area contributed by atoms with Crippen molar-refractivity contribution >= 4 is 0 Å². The van der Waals surface area contributed by atoms with Gasteiger partial charge < -0.3 is 5.11 Å². The van der Waals surface area contributed by atoms with Crippen molar-refractivity contribution in [3.63, 3.8) is 0 Å². The van der Waals surface area contributed by atoms with E-state index in [1.165, 1.54) is 6.42 Å². The van der Waals surface area contributed by atoms with Crippen molar-refractivity contribution in [2.45, 2.75) is 104 Å². The lowest BCUT2D eigenvalue weighted by atomic mass is 9.64. The van der Waals surface area contributed by atoms with Crippen molar-refractivity contribution in [3.8, 4) is 11.8 Å². The minimum Gasteiger partial charge on any atom is -0.377 e. The summed E-state index contributed by atoms with van der Waals surface area (Å²) in [6, 6.07) is 0. The smallest absolute Gasteiger partial charge is 0.158 e. The quantitative estimate of drug-likeness (QED) is 0.442. The van der Waals surface area contributed by atoms with E-state index < -0.39 is 11.2 Å². The van der Waals surface area contributed by atoms with Gasteiger partial charge in [0, 0.05) is 5.41 Å². The van der Waals surface area contributed by atoms with Crippen molar-refractivity contribution in [2.75, 3.05) is 0 Å². The minimum absolute atomic E-state index is 0.126. The number of fused-ring (bicyclic) bond motifs is 2.